The highest BCUT2D eigenvalue weighted by Gasteiger charge is 2.14. The lowest BCUT2D eigenvalue weighted by Crippen LogP contribution is -2.39. The molecule has 2 rings (SSSR count). The van der Waals surface area contributed by atoms with Crippen molar-refractivity contribution >= 4 is 5.96 Å². The van der Waals surface area contributed by atoms with Crippen LogP contribution in [-0.4, -0.2) is 60.1 Å². The van der Waals surface area contributed by atoms with Gasteiger partial charge in [0.05, 0.1) is 6.54 Å². The van der Waals surface area contributed by atoms with Crippen molar-refractivity contribution in [1.29, 1.82) is 0 Å². The molecule has 1 fully saturated rings. The van der Waals surface area contributed by atoms with Crippen molar-refractivity contribution in [3.8, 4) is 0 Å². The number of piperidine rings is 1. The average molecular weight is 334 g/mol. The van der Waals surface area contributed by atoms with Crippen LogP contribution in [0.15, 0.2) is 23.3 Å². The van der Waals surface area contributed by atoms with Crippen LogP contribution < -0.4 is 5.32 Å². The molecule has 1 aliphatic rings. The van der Waals surface area contributed by atoms with E-state index in [0.29, 0.717) is 5.92 Å². The first-order valence-corrected chi connectivity index (χ1v) is 9.42. The van der Waals surface area contributed by atoms with Crippen LogP contribution in [-0.2, 0) is 13.6 Å². The summed E-state index contributed by atoms with van der Waals surface area (Å²) in [5, 5.41) is 3.43. The Morgan fingerprint density at radius 2 is 2.08 bits per heavy atom. The molecule has 1 aromatic heterocycles. The maximum absolute atomic E-state index is 4.88. The molecular weight excluding hydrogens is 298 g/mol. The third kappa shape index (κ3) is 5.86. The monoisotopic (exact) mass is 333 g/mol. The second kappa shape index (κ2) is 9.72. The molecule has 5 heteroatoms. The van der Waals surface area contributed by atoms with Crippen LogP contribution in [0.4, 0.5) is 0 Å². The molecule has 2 heterocycles. The van der Waals surface area contributed by atoms with Crippen LogP contribution in [0.3, 0.4) is 0 Å². The average Bonchev–Trinajstić information content (AvgIpc) is 2.97. The first kappa shape index (κ1) is 18.8. The largest absolute Gasteiger partial charge is 0.357 e. The lowest BCUT2D eigenvalue weighted by molar-refractivity contribution is 0.202. The summed E-state index contributed by atoms with van der Waals surface area (Å²) in [4.78, 5) is 9.70. The van der Waals surface area contributed by atoms with Gasteiger partial charge in [0.1, 0.15) is 0 Å². The highest BCUT2D eigenvalue weighted by molar-refractivity contribution is 5.79. The molecule has 1 N–H and O–H groups in total. The van der Waals surface area contributed by atoms with Crippen LogP contribution in [0.2, 0.25) is 0 Å². The zero-order valence-corrected chi connectivity index (χ0v) is 16.0. The standard InChI is InChI=1S/C19H35N5/c1-5-20-19(23(4)16-18-10-9-11-22(18)3)21-14-17(2)15-24-12-7-6-8-13-24/h9-11,17H,5-8,12-16H2,1-4H3,(H,20,21). The summed E-state index contributed by atoms with van der Waals surface area (Å²) in [6.07, 6.45) is 6.21. The summed E-state index contributed by atoms with van der Waals surface area (Å²) in [5.74, 6) is 1.60. The van der Waals surface area contributed by atoms with Crippen LogP contribution in [0.5, 0.6) is 0 Å². The number of nitrogens with one attached hydrogen (secondary N) is 1. The number of hydrogen-bond donors (Lipinski definition) is 1. The van der Waals surface area contributed by atoms with E-state index in [1.54, 1.807) is 0 Å². The van der Waals surface area contributed by atoms with E-state index in [4.69, 9.17) is 4.99 Å². The molecule has 0 aromatic carbocycles. The van der Waals surface area contributed by atoms with E-state index in [2.05, 4.69) is 66.0 Å². The van der Waals surface area contributed by atoms with Gasteiger partial charge in [-0.2, -0.15) is 0 Å². The van der Waals surface area contributed by atoms with Crippen LogP contribution in [0.1, 0.15) is 38.8 Å². The topological polar surface area (TPSA) is 35.8 Å². The van der Waals surface area contributed by atoms with Crippen molar-refractivity contribution < 1.29 is 0 Å². The molecule has 1 atom stereocenters. The molecule has 24 heavy (non-hydrogen) atoms. The lowest BCUT2D eigenvalue weighted by atomic mass is 10.1. The molecule has 0 radical (unpaired) electrons. The van der Waals surface area contributed by atoms with E-state index in [1.807, 2.05) is 0 Å². The predicted octanol–water partition coefficient (Wildman–Crippen LogP) is 2.54. The number of aryl methyl sites for hydroxylation is 1. The van der Waals surface area contributed by atoms with Gasteiger partial charge in [0.2, 0.25) is 0 Å². The van der Waals surface area contributed by atoms with Crippen molar-refractivity contribution in [2.24, 2.45) is 18.0 Å². The molecule has 5 nitrogen and oxygen atoms in total. The summed E-state index contributed by atoms with van der Waals surface area (Å²) < 4.78 is 2.17. The quantitative estimate of drug-likeness (QED) is 0.615. The Labute approximate surface area is 147 Å². The first-order valence-electron chi connectivity index (χ1n) is 9.42. The van der Waals surface area contributed by atoms with E-state index in [9.17, 15) is 0 Å². The lowest BCUT2D eigenvalue weighted by Gasteiger charge is -2.29. The maximum atomic E-state index is 4.88. The Bertz CT molecular complexity index is 502. The number of likely N-dealkylation sites (tertiary alicyclic amines) is 1. The number of hydrogen-bond acceptors (Lipinski definition) is 2. The number of nitrogens with zero attached hydrogens (tertiary/aromatic N) is 4. The summed E-state index contributed by atoms with van der Waals surface area (Å²) in [5.41, 5.74) is 1.30. The van der Waals surface area contributed by atoms with Crippen LogP contribution in [0, 0.1) is 5.92 Å². The number of rotatable bonds is 7. The molecule has 1 aromatic rings. The zero-order valence-electron chi connectivity index (χ0n) is 16.0. The van der Waals surface area contributed by atoms with Gasteiger partial charge >= 0.3 is 0 Å². The minimum atomic E-state index is 0.597. The third-order valence-corrected chi connectivity index (χ3v) is 4.72. The van der Waals surface area contributed by atoms with Crippen LogP contribution >= 0.6 is 0 Å². The Balaban J connectivity index is 1.87. The number of aliphatic imine (C=N–C) groups is 1. The van der Waals surface area contributed by atoms with Gasteiger partial charge in [-0.1, -0.05) is 13.3 Å². The van der Waals surface area contributed by atoms with Crippen LogP contribution in [0.25, 0.3) is 0 Å². The van der Waals surface area contributed by atoms with Gasteiger partial charge in [0.15, 0.2) is 5.96 Å². The SMILES string of the molecule is CCNC(=NCC(C)CN1CCCCC1)N(C)Cc1cccn1C. The van der Waals surface area contributed by atoms with E-state index in [-0.39, 0.29) is 0 Å². The fourth-order valence-electron chi connectivity index (χ4n) is 3.33. The zero-order chi connectivity index (χ0) is 17.4. The molecule has 0 amide bonds. The molecule has 0 saturated carbocycles. The summed E-state index contributed by atoms with van der Waals surface area (Å²) in [6.45, 7) is 10.8. The van der Waals surface area contributed by atoms with Crippen molar-refractivity contribution in [3.63, 3.8) is 0 Å². The Kier molecular flexibility index (Phi) is 7.63. The molecule has 1 saturated heterocycles. The predicted molar refractivity (Wildman–Crippen MR) is 102 cm³/mol. The molecule has 1 unspecified atom stereocenters. The molecule has 1 aliphatic heterocycles. The van der Waals surface area contributed by atoms with E-state index < -0.39 is 0 Å². The first-order chi connectivity index (χ1) is 11.6. The number of guanidine groups is 1. The molecule has 136 valence electrons. The second-order valence-electron chi connectivity index (χ2n) is 7.13. The van der Waals surface area contributed by atoms with E-state index >= 15 is 0 Å². The molecular formula is C19H35N5. The minimum absolute atomic E-state index is 0.597. The van der Waals surface area contributed by atoms with Gasteiger partial charge in [-0.25, -0.2) is 0 Å². The number of aromatic nitrogens is 1. The summed E-state index contributed by atoms with van der Waals surface area (Å²) in [6, 6.07) is 4.26. The fourth-order valence-corrected chi connectivity index (χ4v) is 3.33. The van der Waals surface area contributed by atoms with Gasteiger partial charge in [-0.05, 0) is 50.9 Å². The van der Waals surface area contributed by atoms with Gasteiger partial charge in [-0.15, -0.1) is 0 Å². The molecule has 0 spiro atoms. The highest BCUT2D eigenvalue weighted by atomic mass is 15.3. The van der Waals surface area contributed by atoms with Gasteiger partial charge in [-0.3, -0.25) is 4.99 Å². The Hall–Kier alpha value is -1.49. The third-order valence-electron chi connectivity index (χ3n) is 4.72. The fraction of sp³-hybridized carbons (Fsp3) is 0.737. The van der Waals surface area contributed by atoms with Crippen molar-refractivity contribution in [1.82, 2.24) is 19.7 Å². The normalized spacial score (nSPS) is 17.8. The van der Waals surface area contributed by atoms with E-state index in [0.717, 1.165) is 25.6 Å². The van der Waals surface area contributed by atoms with Crippen molar-refractivity contribution in [2.45, 2.75) is 39.7 Å². The van der Waals surface area contributed by atoms with Gasteiger partial charge < -0.3 is 19.7 Å². The van der Waals surface area contributed by atoms with Crippen molar-refractivity contribution in [2.75, 3.05) is 39.8 Å². The second-order valence-corrected chi connectivity index (χ2v) is 7.13. The van der Waals surface area contributed by atoms with Crippen molar-refractivity contribution in [3.05, 3.63) is 24.0 Å². The summed E-state index contributed by atoms with van der Waals surface area (Å²) in [7, 11) is 4.21. The van der Waals surface area contributed by atoms with Gasteiger partial charge in [0, 0.05) is 45.6 Å². The minimum Gasteiger partial charge on any atom is -0.357 e. The Morgan fingerprint density at radius 1 is 1.33 bits per heavy atom. The molecule has 0 bridgehead atoms. The Morgan fingerprint density at radius 3 is 2.71 bits per heavy atom. The smallest absolute Gasteiger partial charge is 0.194 e. The highest BCUT2D eigenvalue weighted by Crippen LogP contribution is 2.11. The summed E-state index contributed by atoms with van der Waals surface area (Å²) >= 11 is 0. The molecule has 0 aliphatic carbocycles. The van der Waals surface area contributed by atoms with Gasteiger partial charge in [0.25, 0.3) is 0 Å². The van der Waals surface area contributed by atoms with E-state index in [1.165, 1.54) is 44.6 Å². The maximum Gasteiger partial charge on any atom is 0.194 e.